The molecule has 1 rings (SSSR count). The maximum atomic E-state index is 13.8. The molecule has 17 heavy (non-hydrogen) atoms. The van der Waals surface area contributed by atoms with Crippen molar-refractivity contribution in [3.63, 3.8) is 0 Å². The molecular formula is C12H19FN2O2. The molecule has 0 atom stereocenters. The van der Waals surface area contributed by atoms with Crippen LogP contribution >= 0.6 is 0 Å². The smallest absolute Gasteiger partial charge is 0.250 e. The van der Waals surface area contributed by atoms with Crippen molar-refractivity contribution in [3.05, 3.63) is 23.6 Å². The van der Waals surface area contributed by atoms with Crippen LogP contribution in [0.2, 0.25) is 0 Å². The summed E-state index contributed by atoms with van der Waals surface area (Å²) in [4.78, 5) is 3.86. The maximum Gasteiger partial charge on any atom is 0.250 e. The first kappa shape index (κ1) is 13.9. The minimum Gasteiger partial charge on any atom is -0.473 e. The second kappa shape index (κ2) is 7.97. The van der Waals surface area contributed by atoms with E-state index in [1.165, 1.54) is 0 Å². The summed E-state index contributed by atoms with van der Waals surface area (Å²) in [6.07, 6.45) is 1.55. The average Bonchev–Trinajstić information content (AvgIpc) is 2.35. The number of aromatic nitrogens is 1. The van der Waals surface area contributed by atoms with Crippen molar-refractivity contribution in [2.45, 2.75) is 20.4 Å². The molecule has 0 spiro atoms. The molecule has 0 aliphatic carbocycles. The van der Waals surface area contributed by atoms with Gasteiger partial charge in [-0.25, -0.2) is 9.37 Å². The van der Waals surface area contributed by atoms with Crippen LogP contribution in [0.1, 0.15) is 19.4 Å². The third-order valence-corrected chi connectivity index (χ3v) is 2.17. The summed E-state index contributed by atoms with van der Waals surface area (Å²) >= 11 is 0. The molecule has 0 fully saturated rings. The fraction of sp³-hybridized carbons (Fsp3) is 0.583. The quantitative estimate of drug-likeness (QED) is 0.705. The fourth-order valence-electron chi connectivity index (χ4n) is 1.30. The minimum absolute atomic E-state index is 0.0418. The number of ether oxygens (including phenoxy) is 2. The number of hydrogen-bond acceptors (Lipinski definition) is 4. The molecule has 1 aromatic heterocycles. The van der Waals surface area contributed by atoms with Crippen molar-refractivity contribution in [2.24, 2.45) is 0 Å². The zero-order chi connectivity index (χ0) is 12.5. The van der Waals surface area contributed by atoms with Gasteiger partial charge in [-0.05, 0) is 19.5 Å². The summed E-state index contributed by atoms with van der Waals surface area (Å²) in [5, 5.41) is 3.06. The predicted octanol–water partition coefficient (Wildman–Crippen LogP) is 1.75. The lowest BCUT2D eigenvalue weighted by Crippen LogP contribution is -2.14. The van der Waals surface area contributed by atoms with E-state index in [-0.39, 0.29) is 5.88 Å². The summed E-state index contributed by atoms with van der Waals surface area (Å²) < 4.78 is 24.2. The highest BCUT2D eigenvalue weighted by atomic mass is 19.1. The standard InChI is InChI=1S/C12H19FN2O2/c1-3-14-9-10-5-6-15-12(11(10)13)17-8-7-16-4-2/h5-6,14H,3-4,7-9H2,1-2H3. The highest BCUT2D eigenvalue weighted by molar-refractivity contribution is 5.23. The Morgan fingerprint density at radius 1 is 1.35 bits per heavy atom. The normalized spacial score (nSPS) is 10.5. The second-order valence-corrected chi connectivity index (χ2v) is 3.41. The van der Waals surface area contributed by atoms with Gasteiger partial charge in [-0.3, -0.25) is 0 Å². The molecule has 4 nitrogen and oxygen atoms in total. The van der Waals surface area contributed by atoms with E-state index in [1.807, 2.05) is 13.8 Å². The molecule has 0 aliphatic rings. The molecule has 0 radical (unpaired) electrons. The van der Waals surface area contributed by atoms with E-state index in [0.717, 1.165) is 6.54 Å². The van der Waals surface area contributed by atoms with Crippen LogP contribution in [0.3, 0.4) is 0 Å². The van der Waals surface area contributed by atoms with Crippen LogP contribution in [0.5, 0.6) is 5.88 Å². The largest absolute Gasteiger partial charge is 0.473 e. The number of nitrogens with one attached hydrogen (secondary N) is 1. The first-order chi connectivity index (χ1) is 8.29. The van der Waals surface area contributed by atoms with E-state index in [0.29, 0.717) is 31.9 Å². The van der Waals surface area contributed by atoms with Gasteiger partial charge in [-0.1, -0.05) is 6.92 Å². The van der Waals surface area contributed by atoms with Crippen LogP contribution in [0.25, 0.3) is 0 Å². The minimum atomic E-state index is -0.398. The Hall–Kier alpha value is -1.20. The predicted molar refractivity (Wildman–Crippen MR) is 63.6 cm³/mol. The van der Waals surface area contributed by atoms with Crippen molar-refractivity contribution in [1.82, 2.24) is 10.3 Å². The molecule has 0 aliphatic heterocycles. The Kier molecular flexibility index (Phi) is 6.50. The molecule has 0 saturated heterocycles. The third-order valence-electron chi connectivity index (χ3n) is 2.17. The zero-order valence-electron chi connectivity index (χ0n) is 10.3. The van der Waals surface area contributed by atoms with Gasteiger partial charge >= 0.3 is 0 Å². The van der Waals surface area contributed by atoms with Crippen molar-refractivity contribution in [3.8, 4) is 5.88 Å². The van der Waals surface area contributed by atoms with Crippen molar-refractivity contribution in [2.75, 3.05) is 26.4 Å². The van der Waals surface area contributed by atoms with Crippen LogP contribution in [0.15, 0.2) is 12.3 Å². The Balaban J connectivity index is 2.53. The zero-order valence-corrected chi connectivity index (χ0v) is 10.3. The van der Waals surface area contributed by atoms with Crippen molar-refractivity contribution in [1.29, 1.82) is 0 Å². The lowest BCUT2D eigenvalue weighted by molar-refractivity contribution is 0.106. The molecule has 0 amide bonds. The van der Waals surface area contributed by atoms with Crippen LogP contribution in [-0.4, -0.2) is 31.3 Å². The Morgan fingerprint density at radius 3 is 2.88 bits per heavy atom. The van der Waals surface area contributed by atoms with Gasteiger partial charge in [0, 0.05) is 24.9 Å². The fourth-order valence-corrected chi connectivity index (χ4v) is 1.30. The summed E-state index contributed by atoms with van der Waals surface area (Å²) in [5.74, 6) is -0.356. The van der Waals surface area contributed by atoms with Gasteiger partial charge in [-0.2, -0.15) is 0 Å². The molecule has 0 aromatic carbocycles. The van der Waals surface area contributed by atoms with Crippen molar-refractivity contribution >= 4 is 0 Å². The Bertz CT molecular complexity index is 334. The molecular weight excluding hydrogens is 223 g/mol. The maximum absolute atomic E-state index is 13.8. The van der Waals surface area contributed by atoms with E-state index in [2.05, 4.69) is 10.3 Å². The summed E-state index contributed by atoms with van der Waals surface area (Å²) in [6.45, 7) is 6.51. The molecule has 0 unspecified atom stereocenters. The lowest BCUT2D eigenvalue weighted by Gasteiger charge is -2.09. The molecule has 1 aromatic rings. The number of nitrogens with zero attached hydrogens (tertiary/aromatic N) is 1. The molecule has 96 valence electrons. The van der Waals surface area contributed by atoms with Crippen LogP contribution in [0.4, 0.5) is 4.39 Å². The Morgan fingerprint density at radius 2 is 2.18 bits per heavy atom. The van der Waals surface area contributed by atoms with Gasteiger partial charge in [-0.15, -0.1) is 0 Å². The van der Waals surface area contributed by atoms with E-state index >= 15 is 0 Å². The summed E-state index contributed by atoms with van der Waals surface area (Å²) in [5.41, 5.74) is 0.563. The highest BCUT2D eigenvalue weighted by Crippen LogP contribution is 2.16. The van der Waals surface area contributed by atoms with Gasteiger partial charge in [0.25, 0.3) is 5.88 Å². The van der Waals surface area contributed by atoms with Gasteiger partial charge < -0.3 is 14.8 Å². The van der Waals surface area contributed by atoms with Crippen LogP contribution in [0, 0.1) is 5.82 Å². The van der Waals surface area contributed by atoms with Gasteiger partial charge in [0.2, 0.25) is 0 Å². The molecule has 0 saturated carbocycles. The average molecular weight is 242 g/mol. The topological polar surface area (TPSA) is 43.4 Å². The van der Waals surface area contributed by atoms with E-state index < -0.39 is 5.82 Å². The van der Waals surface area contributed by atoms with Crippen molar-refractivity contribution < 1.29 is 13.9 Å². The second-order valence-electron chi connectivity index (χ2n) is 3.41. The molecule has 1 N–H and O–H groups in total. The van der Waals surface area contributed by atoms with Gasteiger partial charge in [0.1, 0.15) is 6.61 Å². The Labute approximate surface area is 101 Å². The van der Waals surface area contributed by atoms with Gasteiger partial charge in [0.05, 0.1) is 6.61 Å². The van der Waals surface area contributed by atoms with E-state index in [4.69, 9.17) is 9.47 Å². The lowest BCUT2D eigenvalue weighted by atomic mass is 10.2. The number of pyridine rings is 1. The third kappa shape index (κ3) is 4.66. The molecule has 1 heterocycles. The van der Waals surface area contributed by atoms with Gasteiger partial charge in [0.15, 0.2) is 5.82 Å². The molecule has 0 bridgehead atoms. The number of halogens is 1. The summed E-state index contributed by atoms with van der Waals surface area (Å²) in [6, 6.07) is 1.65. The highest BCUT2D eigenvalue weighted by Gasteiger charge is 2.09. The van der Waals surface area contributed by atoms with E-state index in [9.17, 15) is 4.39 Å². The number of hydrogen-bond donors (Lipinski definition) is 1. The first-order valence-corrected chi connectivity index (χ1v) is 5.84. The molecule has 5 heteroatoms. The monoisotopic (exact) mass is 242 g/mol. The SMILES string of the molecule is CCNCc1ccnc(OCCOCC)c1F. The summed E-state index contributed by atoms with van der Waals surface area (Å²) in [7, 11) is 0. The van der Waals surface area contributed by atoms with Crippen LogP contribution in [-0.2, 0) is 11.3 Å². The van der Waals surface area contributed by atoms with Crippen LogP contribution < -0.4 is 10.1 Å². The van der Waals surface area contributed by atoms with E-state index in [1.54, 1.807) is 12.3 Å². The first-order valence-electron chi connectivity index (χ1n) is 5.84. The number of rotatable bonds is 8.